The average Bonchev–Trinajstić information content (AvgIpc) is 2.94. The Balaban J connectivity index is 1.39. The summed E-state index contributed by atoms with van der Waals surface area (Å²) in [5.41, 5.74) is 2.71. The van der Waals surface area contributed by atoms with Gasteiger partial charge in [-0.05, 0) is 54.7 Å². The van der Waals surface area contributed by atoms with Crippen molar-refractivity contribution in [3.8, 4) is 22.6 Å². The molecule has 1 N–H and O–H groups in total. The Bertz CT molecular complexity index is 715. The number of esters is 1. The summed E-state index contributed by atoms with van der Waals surface area (Å²) in [6, 6.07) is 15.0. The van der Waals surface area contributed by atoms with Gasteiger partial charge in [-0.25, -0.2) is 4.79 Å². The molecule has 25 heavy (non-hydrogen) atoms. The fourth-order valence-electron chi connectivity index (χ4n) is 2.86. The van der Waals surface area contributed by atoms with E-state index in [4.69, 9.17) is 9.47 Å². The molecule has 0 saturated carbocycles. The summed E-state index contributed by atoms with van der Waals surface area (Å²) in [6.45, 7) is 4.33. The van der Waals surface area contributed by atoms with Crippen LogP contribution in [-0.2, 0) is 9.53 Å². The highest BCUT2D eigenvalue weighted by Crippen LogP contribution is 2.25. The predicted octanol–water partition coefficient (Wildman–Crippen LogP) is 4.48. The minimum Gasteiger partial charge on any atom is -0.508 e. The van der Waals surface area contributed by atoms with Gasteiger partial charge in [0.1, 0.15) is 17.6 Å². The molecule has 1 fully saturated rings. The molecular weight excluding hydrogens is 316 g/mol. The molecule has 1 atom stereocenters. The van der Waals surface area contributed by atoms with Crippen LogP contribution in [-0.4, -0.2) is 23.8 Å². The third kappa shape index (κ3) is 4.63. The first-order chi connectivity index (χ1) is 12.1. The van der Waals surface area contributed by atoms with Gasteiger partial charge in [0, 0.05) is 12.0 Å². The van der Waals surface area contributed by atoms with E-state index in [1.54, 1.807) is 12.1 Å². The van der Waals surface area contributed by atoms with Gasteiger partial charge in [-0.15, -0.1) is 0 Å². The van der Waals surface area contributed by atoms with Gasteiger partial charge in [0.25, 0.3) is 0 Å². The summed E-state index contributed by atoms with van der Waals surface area (Å²) in [5.74, 6) is 0.846. The lowest BCUT2D eigenvalue weighted by Crippen LogP contribution is -2.07. The third-order valence-corrected chi connectivity index (χ3v) is 4.28. The zero-order chi connectivity index (χ0) is 17.6. The van der Waals surface area contributed by atoms with Gasteiger partial charge in [-0.3, -0.25) is 0 Å². The average molecular weight is 338 g/mol. The van der Waals surface area contributed by atoms with E-state index in [1.807, 2.05) is 36.4 Å². The zero-order valence-electron chi connectivity index (χ0n) is 14.1. The minimum absolute atomic E-state index is 0.00964. The van der Waals surface area contributed by atoms with Crippen molar-refractivity contribution in [3.63, 3.8) is 0 Å². The maximum absolute atomic E-state index is 11.2. The van der Waals surface area contributed by atoms with Gasteiger partial charge in [0.05, 0.1) is 6.61 Å². The summed E-state index contributed by atoms with van der Waals surface area (Å²) in [5, 5.41) is 9.33. The zero-order valence-corrected chi connectivity index (χ0v) is 14.1. The number of cyclic esters (lactones) is 1. The summed E-state index contributed by atoms with van der Waals surface area (Å²) >= 11 is 0. The molecule has 0 bridgehead atoms. The molecule has 1 aliphatic heterocycles. The molecule has 2 aromatic rings. The van der Waals surface area contributed by atoms with Crippen molar-refractivity contribution in [3.05, 3.63) is 60.7 Å². The molecule has 0 aromatic heterocycles. The monoisotopic (exact) mass is 338 g/mol. The van der Waals surface area contributed by atoms with Gasteiger partial charge in [-0.1, -0.05) is 30.8 Å². The van der Waals surface area contributed by atoms with Gasteiger partial charge in [-0.2, -0.15) is 0 Å². The standard InChI is InChI=1S/C21H22O4/c1-15-14-20(25-21(15)23)4-2-3-13-24-19-11-7-17(8-12-19)16-5-9-18(22)10-6-16/h5-12,20,22H,1-4,13-14H2. The van der Waals surface area contributed by atoms with Crippen molar-refractivity contribution in [1.29, 1.82) is 0 Å². The fraction of sp³-hybridized carbons (Fsp3) is 0.286. The molecule has 0 spiro atoms. The van der Waals surface area contributed by atoms with E-state index in [-0.39, 0.29) is 17.8 Å². The number of unbranched alkanes of at least 4 members (excludes halogenated alkanes) is 1. The Labute approximate surface area is 147 Å². The van der Waals surface area contributed by atoms with Crippen molar-refractivity contribution in [2.75, 3.05) is 6.61 Å². The Kier molecular flexibility index (Phi) is 5.39. The van der Waals surface area contributed by atoms with Crippen LogP contribution >= 0.6 is 0 Å². The van der Waals surface area contributed by atoms with Crippen LogP contribution in [0, 0.1) is 0 Å². The van der Waals surface area contributed by atoms with E-state index in [0.29, 0.717) is 18.6 Å². The lowest BCUT2D eigenvalue weighted by molar-refractivity contribution is -0.139. The van der Waals surface area contributed by atoms with E-state index in [1.165, 1.54) is 0 Å². The summed E-state index contributed by atoms with van der Waals surface area (Å²) in [7, 11) is 0. The maximum atomic E-state index is 11.2. The van der Waals surface area contributed by atoms with E-state index in [2.05, 4.69) is 6.58 Å². The first kappa shape index (κ1) is 17.1. The highest BCUT2D eigenvalue weighted by Gasteiger charge is 2.26. The van der Waals surface area contributed by atoms with Crippen LogP contribution in [0.15, 0.2) is 60.7 Å². The number of rotatable bonds is 7. The first-order valence-corrected chi connectivity index (χ1v) is 8.53. The van der Waals surface area contributed by atoms with Gasteiger partial charge in [0.15, 0.2) is 0 Å². The number of benzene rings is 2. The van der Waals surface area contributed by atoms with Crippen molar-refractivity contribution in [2.24, 2.45) is 0 Å². The fourth-order valence-corrected chi connectivity index (χ4v) is 2.86. The smallest absolute Gasteiger partial charge is 0.333 e. The molecule has 0 radical (unpaired) electrons. The number of phenolic OH excluding ortho intramolecular Hbond substituents is 1. The molecular formula is C21H22O4. The second kappa shape index (κ2) is 7.88. The molecule has 4 heteroatoms. The number of hydrogen-bond acceptors (Lipinski definition) is 4. The number of aromatic hydroxyl groups is 1. The second-order valence-corrected chi connectivity index (χ2v) is 6.25. The molecule has 0 amide bonds. The Morgan fingerprint density at radius 1 is 1.04 bits per heavy atom. The molecule has 0 aliphatic carbocycles. The quantitative estimate of drug-likeness (QED) is 0.459. The first-order valence-electron chi connectivity index (χ1n) is 8.53. The number of carbonyl (C=O) groups is 1. The van der Waals surface area contributed by atoms with Gasteiger partial charge < -0.3 is 14.6 Å². The van der Waals surface area contributed by atoms with E-state index < -0.39 is 0 Å². The number of carbonyl (C=O) groups excluding carboxylic acids is 1. The molecule has 1 unspecified atom stereocenters. The second-order valence-electron chi connectivity index (χ2n) is 6.25. The molecule has 130 valence electrons. The maximum Gasteiger partial charge on any atom is 0.333 e. The van der Waals surface area contributed by atoms with E-state index in [9.17, 15) is 9.90 Å². The highest BCUT2D eigenvalue weighted by atomic mass is 16.5. The molecule has 2 aromatic carbocycles. The molecule has 3 rings (SSSR count). The van der Waals surface area contributed by atoms with Crippen LogP contribution in [0.1, 0.15) is 25.7 Å². The van der Waals surface area contributed by atoms with Crippen LogP contribution < -0.4 is 4.74 Å². The summed E-state index contributed by atoms with van der Waals surface area (Å²) < 4.78 is 11.0. The van der Waals surface area contributed by atoms with Crippen molar-refractivity contribution in [1.82, 2.24) is 0 Å². The third-order valence-electron chi connectivity index (χ3n) is 4.28. The van der Waals surface area contributed by atoms with Crippen LogP contribution in [0.25, 0.3) is 11.1 Å². The Morgan fingerprint density at radius 3 is 2.28 bits per heavy atom. The number of hydrogen-bond donors (Lipinski definition) is 1. The van der Waals surface area contributed by atoms with Crippen LogP contribution in [0.4, 0.5) is 0 Å². The summed E-state index contributed by atoms with van der Waals surface area (Å²) in [4.78, 5) is 11.2. The predicted molar refractivity (Wildman–Crippen MR) is 96.5 cm³/mol. The number of phenols is 1. The molecule has 1 saturated heterocycles. The van der Waals surface area contributed by atoms with E-state index >= 15 is 0 Å². The largest absolute Gasteiger partial charge is 0.508 e. The van der Waals surface area contributed by atoms with Crippen molar-refractivity contribution in [2.45, 2.75) is 31.8 Å². The van der Waals surface area contributed by atoms with Crippen molar-refractivity contribution >= 4 is 5.97 Å². The summed E-state index contributed by atoms with van der Waals surface area (Å²) in [6.07, 6.45) is 3.37. The SMILES string of the molecule is C=C1CC(CCCCOc2ccc(-c3ccc(O)cc3)cc2)OC1=O. The van der Waals surface area contributed by atoms with Crippen LogP contribution in [0.3, 0.4) is 0 Å². The minimum atomic E-state index is -0.255. The topological polar surface area (TPSA) is 55.8 Å². The van der Waals surface area contributed by atoms with E-state index in [0.717, 1.165) is 36.1 Å². The number of ether oxygens (including phenoxy) is 2. The van der Waals surface area contributed by atoms with Gasteiger partial charge in [0.2, 0.25) is 0 Å². The van der Waals surface area contributed by atoms with Gasteiger partial charge >= 0.3 is 5.97 Å². The lowest BCUT2D eigenvalue weighted by Gasteiger charge is -2.10. The van der Waals surface area contributed by atoms with Crippen molar-refractivity contribution < 1.29 is 19.4 Å². The molecule has 1 aliphatic rings. The molecule has 1 heterocycles. The lowest BCUT2D eigenvalue weighted by atomic mass is 10.1. The van der Waals surface area contributed by atoms with Crippen LogP contribution in [0.5, 0.6) is 11.5 Å². The normalized spacial score (nSPS) is 16.7. The van der Waals surface area contributed by atoms with Crippen LogP contribution in [0.2, 0.25) is 0 Å². The highest BCUT2D eigenvalue weighted by molar-refractivity contribution is 5.89. The Hall–Kier alpha value is -2.75. The molecule has 4 nitrogen and oxygen atoms in total. The Morgan fingerprint density at radius 2 is 1.68 bits per heavy atom.